The maximum Gasteiger partial charge on any atom is 0.228 e. The highest BCUT2D eigenvalue weighted by molar-refractivity contribution is 6.36. The number of carbonyl (C=O) groups is 2. The van der Waals surface area contributed by atoms with Gasteiger partial charge in [0.05, 0.1) is 12.8 Å². The highest BCUT2D eigenvalue weighted by atomic mass is 35.5. The molecular formula is C20H22Cl2N2O2. The largest absolute Gasteiger partial charge is 0.353 e. The van der Waals surface area contributed by atoms with Crippen LogP contribution in [0.5, 0.6) is 0 Å². The fraction of sp³-hybridized carbons (Fsp3) is 0.300. The Labute approximate surface area is 163 Å². The van der Waals surface area contributed by atoms with Gasteiger partial charge in [0.1, 0.15) is 0 Å². The van der Waals surface area contributed by atoms with Crippen molar-refractivity contribution in [2.45, 2.75) is 39.2 Å². The summed E-state index contributed by atoms with van der Waals surface area (Å²) < 4.78 is 0. The second kappa shape index (κ2) is 9.60. The quantitative estimate of drug-likeness (QED) is 0.721. The van der Waals surface area contributed by atoms with E-state index in [1.165, 1.54) is 0 Å². The van der Waals surface area contributed by atoms with Gasteiger partial charge in [0, 0.05) is 21.8 Å². The highest BCUT2D eigenvalue weighted by Crippen LogP contribution is 2.25. The van der Waals surface area contributed by atoms with Crippen molar-refractivity contribution in [1.82, 2.24) is 5.32 Å². The van der Waals surface area contributed by atoms with E-state index >= 15 is 0 Å². The second-order valence-corrected chi connectivity index (χ2v) is 6.99. The zero-order valence-electron chi connectivity index (χ0n) is 14.8. The Morgan fingerprint density at radius 2 is 1.65 bits per heavy atom. The highest BCUT2D eigenvalue weighted by Gasteiger charge is 2.12. The molecule has 1 atom stereocenters. The van der Waals surface area contributed by atoms with Crippen LogP contribution >= 0.6 is 23.2 Å². The van der Waals surface area contributed by atoms with Crippen LogP contribution < -0.4 is 10.6 Å². The van der Waals surface area contributed by atoms with E-state index in [0.717, 1.165) is 12.0 Å². The van der Waals surface area contributed by atoms with Crippen LogP contribution in [0.25, 0.3) is 0 Å². The van der Waals surface area contributed by atoms with Crippen LogP contribution in [0.3, 0.4) is 0 Å². The molecule has 2 rings (SSSR count). The molecular weight excluding hydrogens is 371 g/mol. The second-order valence-electron chi connectivity index (χ2n) is 6.18. The fourth-order valence-electron chi connectivity index (χ4n) is 2.44. The molecule has 0 saturated carbocycles. The zero-order valence-corrected chi connectivity index (χ0v) is 16.3. The molecule has 0 bridgehead atoms. The summed E-state index contributed by atoms with van der Waals surface area (Å²) in [7, 11) is 0. The predicted molar refractivity (Wildman–Crippen MR) is 107 cm³/mol. The molecule has 0 aliphatic rings. The van der Waals surface area contributed by atoms with Crippen LogP contribution in [0.4, 0.5) is 5.69 Å². The van der Waals surface area contributed by atoms with Gasteiger partial charge in [0.25, 0.3) is 0 Å². The van der Waals surface area contributed by atoms with Crippen molar-refractivity contribution < 1.29 is 9.59 Å². The SMILES string of the molecule is CCC(C)NC(=O)Cc1cccc(NC(=O)Cc2c(Cl)cccc2Cl)c1. The number of benzene rings is 2. The number of nitrogens with one attached hydrogen (secondary N) is 2. The minimum atomic E-state index is -0.221. The molecule has 6 heteroatoms. The maximum atomic E-state index is 12.3. The lowest BCUT2D eigenvalue weighted by Crippen LogP contribution is -2.33. The lowest BCUT2D eigenvalue weighted by atomic mass is 10.1. The Morgan fingerprint density at radius 3 is 2.31 bits per heavy atom. The molecule has 2 amide bonds. The molecule has 0 heterocycles. The average molecular weight is 393 g/mol. The zero-order chi connectivity index (χ0) is 19.1. The number of hydrogen-bond donors (Lipinski definition) is 2. The Morgan fingerprint density at radius 1 is 1.00 bits per heavy atom. The molecule has 4 nitrogen and oxygen atoms in total. The molecule has 0 aliphatic carbocycles. The predicted octanol–water partition coefficient (Wildman–Crippen LogP) is 4.63. The Kier molecular flexibility index (Phi) is 7.49. The van der Waals surface area contributed by atoms with Gasteiger partial charge in [-0.1, -0.05) is 48.3 Å². The molecule has 2 aromatic rings. The van der Waals surface area contributed by atoms with Gasteiger partial charge >= 0.3 is 0 Å². The average Bonchev–Trinajstić information content (AvgIpc) is 2.58. The summed E-state index contributed by atoms with van der Waals surface area (Å²) in [5.74, 6) is -0.258. The topological polar surface area (TPSA) is 58.2 Å². The van der Waals surface area contributed by atoms with Crippen molar-refractivity contribution in [1.29, 1.82) is 0 Å². The van der Waals surface area contributed by atoms with Crippen molar-refractivity contribution in [3.8, 4) is 0 Å². The van der Waals surface area contributed by atoms with Crippen LogP contribution in [0, 0.1) is 0 Å². The summed E-state index contributed by atoms with van der Waals surface area (Å²) in [4.78, 5) is 24.3. The third-order valence-corrected chi connectivity index (χ3v) is 4.70. The smallest absolute Gasteiger partial charge is 0.228 e. The van der Waals surface area contributed by atoms with Crippen LogP contribution in [0.2, 0.25) is 10.0 Å². The van der Waals surface area contributed by atoms with Crippen molar-refractivity contribution in [2.24, 2.45) is 0 Å². The molecule has 2 N–H and O–H groups in total. The first-order chi connectivity index (χ1) is 12.4. The summed E-state index contributed by atoms with van der Waals surface area (Å²) in [6, 6.07) is 12.5. The number of halogens is 2. The van der Waals surface area contributed by atoms with Crippen molar-refractivity contribution in [3.05, 3.63) is 63.6 Å². The lowest BCUT2D eigenvalue weighted by molar-refractivity contribution is -0.121. The van der Waals surface area contributed by atoms with Crippen LogP contribution in [0.15, 0.2) is 42.5 Å². The summed E-state index contributed by atoms with van der Waals surface area (Å²) >= 11 is 12.2. The minimum Gasteiger partial charge on any atom is -0.353 e. The van der Waals surface area contributed by atoms with E-state index in [9.17, 15) is 9.59 Å². The number of rotatable bonds is 7. The molecule has 0 fully saturated rings. The molecule has 0 spiro atoms. The van der Waals surface area contributed by atoms with Crippen molar-refractivity contribution in [3.63, 3.8) is 0 Å². The molecule has 1 unspecified atom stereocenters. The van der Waals surface area contributed by atoms with Crippen molar-refractivity contribution >= 4 is 40.7 Å². The van der Waals surface area contributed by atoms with E-state index < -0.39 is 0 Å². The van der Waals surface area contributed by atoms with E-state index in [-0.39, 0.29) is 30.7 Å². The van der Waals surface area contributed by atoms with E-state index in [1.54, 1.807) is 30.3 Å². The number of amides is 2. The van der Waals surface area contributed by atoms with Crippen molar-refractivity contribution in [2.75, 3.05) is 5.32 Å². The van der Waals surface area contributed by atoms with Gasteiger partial charge in [-0.05, 0) is 48.7 Å². The molecule has 2 aromatic carbocycles. The molecule has 138 valence electrons. The Hall–Kier alpha value is -2.04. The standard InChI is InChI=1S/C20H22Cl2N2O2/c1-3-13(2)23-19(25)11-14-6-4-7-15(10-14)24-20(26)12-16-17(21)8-5-9-18(16)22/h4-10,13H,3,11-12H2,1-2H3,(H,23,25)(H,24,26). The van der Waals surface area contributed by atoms with E-state index in [2.05, 4.69) is 10.6 Å². The van der Waals surface area contributed by atoms with Gasteiger partial charge in [-0.15, -0.1) is 0 Å². The van der Waals surface area contributed by atoms with E-state index in [1.807, 2.05) is 26.0 Å². The van der Waals surface area contributed by atoms with Crippen LogP contribution in [-0.2, 0) is 22.4 Å². The Bertz CT molecular complexity index is 773. The van der Waals surface area contributed by atoms with Gasteiger partial charge in [-0.25, -0.2) is 0 Å². The summed E-state index contributed by atoms with van der Waals surface area (Å²) in [5.41, 5.74) is 2.06. The minimum absolute atomic E-state index is 0.0364. The van der Waals surface area contributed by atoms with Gasteiger partial charge < -0.3 is 10.6 Å². The molecule has 0 radical (unpaired) electrons. The monoisotopic (exact) mass is 392 g/mol. The molecule has 0 aromatic heterocycles. The normalized spacial score (nSPS) is 11.7. The van der Waals surface area contributed by atoms with E-state index in [0.29, 0.717) is 21.3 Å². The van der Waals surface area contributed by atoms with Crippen LogP contribution in [0.1, 0.15) is 31.4 Å². The van der Waals surface area contributed by atoms with Gasteiger partial charge in [-0.2, -0.15) is 0 Å². The summed E-state index contributed by atoms with van der Waals surface area (Å²) in [6.07, 6.45) is 1.23. The number of carbonyl (C=O) groups excluding carboxylic acids is 2. The maximum absolute atomic E-state index is 12.3. The number of hydrogen-bond acceptors (Lipinski definition) is 2. The first kappa shape index (κ1) is 20.3. The summed E-state index contributed by atoms with van der Waals surface area (Å²) in [5, 5.41) is 6.67. The number of anilines is 1. The van der Waals surface area contributed by atoms with Crippen LogP contribution in [-0.4, -0.2) is 17.9 Å². The van der Waals surface area contributed by atoms with Gasteiger partial charge in [0.15, 0.2) is 0 Å². The molecule has 0 aliphatic heterocycles. The summed E-state index contributed by atoms with van der Waals surface area (Å²) in [6.45, 7) is 3.99. The molecule has 26 heavy (non-hydrogen) atoms. The lowest BCUT2D eigenvalue weighted by Gasteiger charge is -2.12. The third kappa shape index (κ3) is 6.04. The van der Waals surface area contributed by atoms with Gasteiger partial charge in [0.2, 0.25) is 11.8 Å². The Balaban J connectivity index is 1.99. The van der Waals surface area contributed by atoms with Gasteiger partial charge in [-0.3, -0.25) is 9.59 Å². The third-order valence-electron chi connectivity index (χ3n) is 3.99. The van der Waals surface area contributed by atoms with E-state index in [4.69, 9.17) is 23.2 Å². The first-order valence-corrected chi connectivity index (χ1v) is 9.25. The first-order valence-electron chi connectivity index (χ1n) is 8.50. The molecule has 0 saturated heterocycles. The fourth-order valence-corrected chi connectivity index (χ4v) is 2.97.